The fourth-order valence-corrected chi connectivity index (χ4v) is 1.88. The maximum atomic E-state index is 5.71. The molecule has 0 bridgehead atoms. The molecule has 0 saturated heterocycles. The largest absolute Gasteiger partial charge is 0.494 e. The first-order chi connectivity index (χ1) is 8.33. The molecular weight excluding hydrogens is 310 g/mol. The van der Waals surface area contributed by atoms with E-state index in [1.54, 1.807) is 0 Å². The Kier molecular flexibility index (Phi) is 5.60. The third-order valence-corrected chi connectivity index (χ3v) is 4.45. The Bertz CT molecular complexity index is 432. The summed E-state index contributed by atoms with van der Waals surface area (Å²) < 4.78 is 6.81. The maximum Gasteiger partial charge on any atom is 0.119 e. The normalized spacial score (nSPS) is 11.3. The summed E-state index contributed by atoms with van der Waals surface area (Å²) in [5.41, 5.74) is 6.77. The molecule has 1 aromatic carbocycles. The van der Waals surface area contributed by atoms with Crippen molar-refractivity contribution in [1.82, 2.24) is 0 Å². The van der Waals surface area contributed by atoms with E-state index in [1.165, 1.54) is 5.56 Å². The van der Waals surface area contributed by atoms with Gasteiger partial charge in [0.15, 0.2) is 0 Å². The Morgan fingerprint density at radius 2 is 2.11 bits per heavy atom. The average molecular weight is 330 g/mol. The van der Waals surface area contributed by atoms with Crippen LogP contribution in [0.3, 0.4) is 0 Å². The van der Waals surface area contributed by atoms with E-state index < -0.39 is 0 Å². The summed E-state index contributed by atoms with van der Waals surface area (Å²) in [7, 11) is 0. The number of hydrogen-bond acceptors (Lipinski definition) is 2. The van der Waals surface area contributed by atoms with E-state index in [9.17, 15) is 0 Å². The molecule has 0 aliphatic rings. The summed E-state index contributed by atoms with van der Waals surface area (Å²) in [6.45, 7) is 6.87. The lowest BCUT2D eigenvalue weighted by molar-refractivity contribution is 0.287. The number of aryl methyl sites for hydroxylation is 1. The van der Waals surface area contributed by atoms with Crippen molar-refractivity contribution in [2.45, 2.75) is 33.6 Å². The van der Waals surface area contributed by atoms with Crippen LogP contribution in [0, 0.1) is 12.3 Å². The van der Waals surface area contributed by atoms with Crippen molar-refractivity contribution in [2.24, 2.45) is 11.1 Å². The molecule has 0 heterocycles. The Morgan fingerprint density at radius 1 is 1.44 bits per heavy atom. The van der Waals surface area contributed by atoms with Gasteiger partial charge in [-0.1, -0.05) is 42.0 Å². The van der Waals surface area contributed by atoms with Gasteiger partial charge in [-0.3, -0.25) is 0 Å². The van der Waals surface area contributed by atoms with Gasteiger partial charge in [-0.15, -0.1) is 0 Å². The lowest BCUT2D eigenvalue weighted by Crippen LogP contribution is -2.30. The monoisotopic (exact) mass is 329 g/mol. The second-order valence-electron chi connectivity index (χ2n) is 5.11. The minimum Gasteiger partial charge on any atom is -0.494 e. The van der Waals surface area contributed by atoms with E-state index in [4.69, 9.17) is 22.7 Å². The molecule has 0 amide bonds. The van der Waals surface area contributed by atoms with Crippen LogP contribution in [0.25, 0.3) is 0 Å². The van der Waals surface area contributed by atoms with Gasteiger partial charge in [0.2, 0.25) is 0 Å². The lowest BCUT2D eigenvalue weighted by Gasteiger charge is -2.22. The Morgan fingerprint density at radius 3 is 2.67 bits per heavy atom. The standard InChI is InChI=1S/C14H20BrNOS/c1-10-9-11(5-6-12(10)15)17-8-4-7-14(2,3)13(16)18/h5-6,9H,4,7-8H2,1-3H3,(H2,16,18). The molecule has 2 nitrogen and oxygen atoms in total. The molecule has 0 aliphatic heterocycles. The SMILES string of the molecule is Cc1cc(OCCCC(C)(C)C(N)=S)ccc1Br. The number of ether oxygens (including phenoxy) is 1. The predicted octanol–water partition coefficient (Wildman–Crippen LogP) is 4.23. The summed E-state index contributed by atoms with van der Waals surface area (Å²) >= 11 is 8.51. The third kappa shape index (κ3) is 4.58. The average Bonchev–Trinajstić information content (AvgIpc) is 2.29. The molecule has 2 N–H and O–H groups in total. The second kappa shape index (κ2) is 6.53. The van der Waals surface area contributed by atoms with Gasteiger partial charge < -0.3 is 10.5 Å². The topological polar surface area (TPSA) is 35.2 Å². The molecule has 18 heavy (non-hydrogen) atoms. The van der Waals surface area contributed by atoms with E-state index >= 15 is 0 Å². The summed E-state index contributed by atoms with van der Waals surface area (Å²) in [6, 6.07) is 6.00. The minimum atomic E-state index is -0.0890. The Labute approximate surface area is 123 Å². The number of rotatable bonds is 6. The molecule has 0 unspecified atom stereocenters. The van der Waals surface area contributed by atoms with E-state index in [0.717, 1.165) is 23.1 Å². The smallest absolute Gasteiger partial charge is 0.119 e. The highest BCUT2D eigenvalue weighted by atomic mass is 79.9. The zero-order valence-electron chi connectivity index (χ0n) is 11.1. The van der Waals surface area contributed by atoms with Gasteiger partial charge in [0.05, 0.1) is 11.6 Å². The van der Waals surface area contributed by atoms with Crippen LogP contribution in [-0.2, 0) is 0 Å². The van der Waals surface area contributed by atoms with Crippen molar-refractivity contribution >= 4 is 33.1 Å². The van der Waals surface area contributed by atoms with Gasteiger partial charge >= 0.3 is 0 Å². The highest BCUT2D eigenvalue weighted by Gasteiger charge is 2.20. The predicted molar refractivity (Wildman–Crippen MR) is 84.2 cm³/mol. The van der Waals surface area contributed by atoms with Gasteiger partial charge in [0.25, 0.3) is 0 Å². The highest BCUT2D eigenvalue weighted by Crippen LogP contribution is 2.24. The fourth-order valence-electron chi connectivity index (χ4n) is 1.53. The Balaban J connectivity index is 2.38. The Hall–Kier alpha value is -0.610. The molecule has 4 heteroatoms. The highest BCUT2D eigenvalue weighted by molar-refractivity contribution is 9.10. The van der Waals surface area contributed by atoms with Crippen LogP contribution in [0.2, 0.25) is 0 Å². The molecule has 0 spiro atoms. The number of halogens is 1. The quantitative estimate of drug-likeness (QED) is 0.626. The minimum absolute atomic E-state index is 0.0890. The summed E-state index contributed by atoms with van der Waals surface area (Å²) in [4.78, 5) is 0.571. The molecule has 0 saturated carbocycles. The van der Waals surface area contributed by atoms with Crippen LogP contribution in [0.5, 0.6) is 5.75 Å². The number of nitrogens with two attached hydrogens (primary N) is 1. The van der Waals surface area contributed by atoms with Crippen LogP contribution in [0.1, 0.15) is 32.3 Å². The molecule has 0 aromatic heterocycles. The van der Waals surface area contributed by atoms with Crippen molar-refractivity contribution in [1.29, 1.82) is 0 Å². The lowest BCUT2D eigenvalue weighted by atomic mass is 9.88. The summed E-state index contributed by atoms with van der Waals surface area (Å²) in [5, 5.41) is 0. The van der Waals surface area contributed by atoms with E-state index in [0.29, 0.717) is 11.6 Å². The molecule has 0 fully saturated rings. The number of hydrogen-bond donors (Lipinski definition) is 1. The first kappa shape index (κ1) is 15.4. The van der Waals surface area contributed by atoms with Crippen LogP contribution in [0.15, 0.2) is 22.7 Å². The van der Waals surface area contributed by atoms with Crippen molar-refractivity contribution in [2.75, 3.05) is 6.61 Å². The summed E-state index contributed by atoms with van der Waals surface area (Å²) in [5.74, 6) is 0.906. The molecule has 0 radical (unpaired) electrons. The van der Waals surface area contributed by atoms with Crippen molar-refractivity contribution in [3.8, 4) is 5.75 Å². The number of thiocarbonyl (C=S) groups is 1. The maximum absolute atomic E-state index is 5.71. The molecule has 0 atom stereocenters. The number of benzene rings is 1. The van der Waals surface area contributed by atoms with E-state index in [-0.39, 0.29) is 5.41 Å². The molecule has 100 valence electrons. The first-order valence-corrected chi connectivity index (χ1v) is 7.22. The van der Waals surface area contributed by atoms with Gasteiger partial charge in [0.1, 0.15) is 5.75 Å². The van der Waals surface area contributed by atoms with Gasteiger partial charge in [-0.2, -0.15) is 0 Å². The van der Waals surface area contributed by atoms with Gasteiger partial charge in [-0.25, -0.2) is 0 Å². The van der Waals surface area contributed by atoms with Crippen LogP contribution >= 0.6 is 28.1 Å². The van der Waals surface area contributed by atoms with E-state index in [1.807, 2.05) is 25.1 Å². The van der Waals surface area contributed by atoms with Crippen LogP contribution in [-0.4, -0.2) is 11.6 Å². The second-order valence-corrected chi connectivity index (χ2v) is 6.41. The molecular formula is C14H20BrNOS. The van der Waals surface area contributed by atoms with E-state index in [2.05, 4.69) is 29.8 Å². The van der Waals surface area contributed by atoms with Crippen molar-refractivity contribution < 1.29 is 4.74 Å². The molecule has 0 aliphatic carbocycles. The van der Waals surface area contributed by atoms with Crippen LogP contribution in [0.4, 0.5) is 0 Å². The molecule has 1 rings (SSSR count). The fraction of sp³-hybridized carbons (Fsp3) is 0.500. The van der Waals surface area contributed by atoms with Crippen LogP contribution < -0.4 is 10.5 Å². The van der Waals surface area contributed by atoms with Crippen molar-refractivity contribution in [3.05, 3.63) is 28.2 Å². The third-order valence-electron chi connectivity index (χ3n) is 3.01. The zero-order valence-corrected chi connectivity index (χ0v) is 13.5. The van der Waals surface area contributed by atoms with Crippen molar-refractivity contribution in [3.63, 3.8) is 0 Å². The summed E-state index contributed by atoms with van der Waals surface area (Å²) in [6.07, 6.45) is 1.89. The van der Waals surface area contributed by atoms with Gasteiger partial charge in [-0.05, 0) is 43.5 Å². The first-order valence-electron chi connectivity index (χ1n) is 6.02. The van der Waals surface area contributed by atoms with Gasteiger partial charge in [0, 0.05) is 9.89 Å². The zero-order chi connectivity index (χ0) is 13.8. The molecule has 1 aromatic rings.